The molecule has 1 amide bonds. The van der Waals surface area contributed by atoms with Crippen LogP contribution in [0.4, 0.5) is 11.4 Å². The first-order valence-corrected chi connectivity index (χ1v) is 6.14. The highest BCUT2D eigenvalue weighted by atomic mass is 16.2. The molecule has 0 aromatic heterocycles. The second-order valence-corrected chi connectivity index (χ2v) is 5.70. The van der Waals surface area contributed by atoms with Crippen LogP contribution in [0.15, 0.2) is 18.2 Å². The van der Waals surface area contributed by atoms with Gasteiger partial charge in [0.1, 0.15) is 6.04 Å². The minimum atomic E-state index is -0.325. The molecule has 4 nitrogen and oxygen atoms in total. The van der Waals surface area contributed by atoms with E-state index in [0.717, 1.165) is 11.3 Å². The van der Waals surface area contributed by atoms with E-state index in [4.69, 9.17) is 5.73 Å². The molecule has 4 N–H and O–H groups in total. The molecule has 100 valence electrons. The van der Waals surface area contributed by atoms with Crippen molar-refractivity contribution in [1.29, 1.82) is 0 Å². The molecule has 0 aliphatic heterocycles. The SMILES string of the molecule is Cc1ccc(NC(C)C(=O)NC(C)(C)C)c(N)c1. The van der Waals surface area contributed by atoms with Crippen LogP contribution in [0.25, 0.3) is 0 Å². The summed E-state index contributed by atoms with van der Waals surface area (Å²) in [5.74, 6) is -0.0394. The average molecular weight is 249 g/mol. The van der Waals surface area contributed by atoms with Gasteiger partial charge in [0.25, 0.3) is 0 Å². The van der Waals surface area contributed by atoms with Gasteiger partial charge in [-0.15, -0.1) is 0 Å². The number of carbonyl (C=O) groups excluding carboxylic acids is 1. The van der Waals surface area contributed by atoms with Crippen LogP contribution in [0.1, 0.15) is 33.3 Å². The molecule has 0 radical (unpaired) electrons. The Kier molecular flexibility index (Phi) is 4.22. The summed E-state index contributed by atoms with van der Waals surface area (Å²) in [5.41, 5.74) is 8.22. The van der Waals surface area contributed by atoms with Crippen molar-refractivity contribution in [2.24, 2.45) is 0 Å². The first-order valence-electron chi connectivity index (χ1n) is 6.14. The number of carbonyl (C=O) groups is 1. The van der Waals surface area contributed by atoms with Crippen molar-refractivity contribution in [3.63, 3.8) is 0 Å². The Bertz CT molecular complexity index is 435. The van der Waals surface area contributed by atoms with E-state index in [1.165, 1.54) is 0 Å². The third-order valence-corrected chi connectivity index (χ3v) is 2.47. The first kappa shape index (κ1) is 14.4. The van der Waals surface area contributed by atoms with Crippen LogP contribution in [0.3, 0.4) is 0 Å². The van der Waals surface area contributed by atoms with Gasteiger partial charge in [-0.2, -0.15) is 0 Å². The summed E-state index contributed by atoms with van der Waals surface area (Å²) in [6.45, 7) is 9.67. The summed E-state index contributed by atoms with van der Waals surface area (Å²) >= 11 is 0. The van der Waals surface area contributed by atoms with Crippen LogP contribution >= 0.6 is 0 Å². The van der Waals surface area contributed by atoms with Gasteiger partial charge in [0.05, 0.1) is 11.4 Å². The second-order valence-electron chi connectivity index (χ2n) is 5.70. The van der Waals surface area contributed by atoms with E-state index in [1.807, 2.05) is 52.8 Å². The van der Waals surface area contributed by atoms with Gasteiger partial charge in [-0.25, -0.2) is 0 Å². The largest absolute Gasteiger partial charge is 0.397 e. The van der Waals surface area contributed by atoms with E-state index in [9.17, 15) is 4.79 Å². The monoisotopic (exact) mass is 249 g/mol. The summed E-state index contributed by atoms with van der Waals surface area (Å²) in [6.07, 6.45) is 0. The molecular weight excluding hydrogens is 226 g/mol. The minimum Gasteiger partial charge on any atom is -0.397 e. The molecular formula is C14H23N3O. The highest BCUT2D eigenvalue weighted by Gasteiger charge is 2.19. The van der Waals surface area contributed by atoms with Crippen LogP contribution in [0.2, 0.25) is 0 Å². The van der Waals surface area contributed by atoms with Gasteiger partial charge in [-0.3, -0.25) is 4.79 Å². The lowest BCUT2D eigenvalue weighted by Crippen LogP contribution is -2.47. The number of nitrogen functional groups attached to an aromatic ring is 1. The Labute approximate surface area is 109 Å². The lowest BCUT2D eigenvalue weighted by molar-refractivity contribution is -0.122. The van der Waals surface area contributed by atoms with Crippen molar-refractivity contribution < 1.29 is 4.79 Å². The normalized spacial score (nSPS) is 12.9. The van der Waals surface area contributed by atoms with Gasteiger partial charge in [0.15, 0.2) is 0 Å². The molecule has 1 aromatic rings. The fourth-order valence-corrected chi connectivity index (χ4v) is 1.59. The summed E-state index contributed by atoms with van der Waals surface area (Å²) in [4.78, 5) is 11.9. The van der Waals surface area contributed by atoms with Gasteiger partial charge >= 0.3 is 0 Å². The molecule has 1 aromatic carbocycles. The summed E-state index contributed by atoms with van der Waals surface area (Å²) in [6, 6.07) is 5.42. The van der Waals surface area contributed by atoms with Gasteiger partial charge in [0.2, 0.25) is 5.91 Å². The van der Waals surface area contributed by atoms with Crippen molar-refractivity contribution in [3.05, 3.63) is 23.8 Å². The number of aryl methyl sites for hydroxylation is 1. The number of hydrogen-bond donors (Lipinski definition) is 3. The number of amides is 1. The predicted octanol–water partition coefficient (Wildman–Crippen LogP) is 2.29. The van der Waals surface area contributed by atoms with Crippen LogP contribution in [0, 0.1) is 6.92 Å². The van der Waals surface area contributed by atoms with Gasteiger partial charge in [-0.05, 0) is 52.3 Å². The lowest BCUT2D eigenvalue weighted by Gasteiger charge is -2.24. The maximum Gasteiger partial charge on any atom is 0.242 e. The molecule has 0 saturated heterocycles. The summed E-state index contributed by atoms with van der Waals surface area (Å²) in [5, 5.41) is 6.05. The minimum absolute atomic E-state index is 0.0394. The molecule has 18 heavy (non-hydrogen) atoms. The lowest BCUT2D eigenvalue weighted by atomic mass is 10.1. The van der Waals surface area contributed by atoms with Crippen molar-refractivity contribution in [2.45, 2.75) is 46.2 Å². The Morgan fingerprint density at radius 3 is 2.44 bits per heavy atom. The molecule has 0 aliphatic rings. The van der Waals surface area contributed by atoms with Gasteiger partial charge in [0, 0.05) is 5.54 Å². The van der Waals surface area contributed by atoms with Crippen molar-refractivity contribution in [3.8, 4) is 0 Å². The fraction of sp³-hybridized carbons (Fsp3) is 0.500. The van der Waals surface area contributed by atoms with E-state index < -0.39 is 0 Å². The summed E-state index contributed by atoms with van der Waals surface area (Å²) < 4.78 is 0. The Morgan fingerprint density at radius 1 is 1.33 bits per heavy atom. The zero-order valence-corrected chi connectivity index (χ0v) is 11.8. The third kappa shape index (κ3) is 4.28. The third-order valence-electron chi connectivity index (χ3n) is 2.47. The van der Waals surface area contributed by atoms with Crippen molar-refractivity contribution in [1.82, 2.24) is 5.32 Å². The van der Waals surface area contributed by atoms with Gasteiger partial charge in [-0.1, -0.05) is 6.07 Å². The number of nitrogens with two attached hydrogens (primary N) is 1. The molecule has 1 atom stereocenters. The molecule has 4 heteroatoms. The van der Waals surface area contributed by atoms with E-state index in [0.29, 0.717) is 5.69 Å². The zero-order chi connectivity index (χ0) is 13.9. The molecule has 1 rings (SSSR count). The van der Waals surface area contributed by atoms with Crippen molar-refractivity contribution >= 4 is 17.3 Å². The van der Waals surface area contributed by atoms with Gasteiger partial charge < -0.3 is 16.4 Å². The van der Waals surface area contributed by atoms with Crippen LogP contribution in [0.5, 0.6) is 0 Å². The number of benzene rings is 1. The molecule has 0 heterocycles. The Balaban J connectivity index is 2.69. The predicted molar refractivity (Wildman–Crippen MR) is 76.6 cm³/mol. The first-order chi connectivity index (χ1) is 8.19. The van der Waals surface area contributed by atoms with Crippen LogP contribution < -0.4 is 16.4 Å². The number of rotatable bonds is 3. The standard InChI is InChI=1S/C14H23N3O/c1-9-6-7-12(11(15)8-9)16-10(2)13(18)17-14(3,4)5/h6-8,10,16H,15H2,1-5H3,(H,17,18). The summed E-state index contributed by atoms with van der Waals surface area (Å²) in [7, 11) is 0. The maximum absolute atomic E-state index is 11.9. The molecule has 0 aliphatic carbocycles. The molecule has 0 spiro atoms. The van der Waals surface area contributed by atoms with E-state index in [-0.39, 0.29) is 17.5 Å². The highest BCUT2D eigenvalue weighted by Crippen LogP contribution is 2.20. The quantitative estimate of drug-likeness (QED) is 0.720. The maximum atomic E-state index is 11.9. The average Bonchev–Trinajstić information content (AvgIpc) is 2.19. The number of nitrogens with one attached hydrogen (secondary N) is 2. The van der Waals surface area contributed by atoms with E-state index >= 15 is 0 Å². The number of hydrogen-bond acceptors (Lipinski definition) is 3. The molecule has 1 unspecified atom stereocenters. The van der Waals surface area contributed by atoms with Crippen molar-refractivity contribution in [2.75, 3.05) is 11.1 Å². The smallest absolute Gasteiger partial charge is 0.242 e. The van der Waals surface area contributed by atoms with E-state index in [2.05, 4.69) is 10.6 Å². The Hall–Kier alpha value is -1.71. The highest BCUT2D eigenvalue weighted by molar-refractivity contribution is 5.86. The molecule has 0 saturated carbocycles. The Morgan fingerprint density at radius 2 is 1.94 bits per heavy atom. The molecule has 0 bridgehead atoms. The molecule has 0 fully saturated rings. The van der Waals surface area contributed by atoms with E-state index in [1.54, 1.807) is 0 Å². The number of anilines is 2. The van der Waals surface area contributed by atoms with Crippen LogP contribution in [-0.2, 0) is 4.79 Å². The second kappa shape index (κ2) is 5.29. The topological polar surface area (TPSA) is 67.2 Å². The fourth-order valence-electron chi connectivity index (χ4n) is 1.59. The van der Waals surface area contributed by atoms with Crippen LogP contribution in [-0.4, -0.2) is 17.5 Å². The zero-order valence-electron chi connectivity index (χ0n) is 11.8.